The number of benzene rings is 1. The molecule has 14 heavy (non-hydrogen) atoms. The average Bonchev–Trinajstić information content (AvgIpc) is 2.19. The monoisotopic (exact) mass is 213 g/mol. The molecule has 0 fully saturated rings. The molecule has 0 saturated heterocycles. The van der Waals surface area contributed by atoms with E-state index in [1.807, 2.05) is 0 Å². The Morgan fingerprint density at radius 1 is 1.43 bits per heavy atom. The summed E-state index contributed by atoms with van der Waals surface area (Å²) in [5.41, 5.74) is 2.84. The number of hydrogen-bond donors (Lipinski definition) is 1. The van der Waals surface area contributed by atoms with E-state index >= 15 is 0 Å². The van der Waals surface area contributed by atoms with E-state index in [4.69, 9.17) is 4.74 Å². The van der Waals surface area contributed by atoms with E-state index in [0.717, 1.165) is 19.6 Å². The van der Waals surface area contributed by atoms with E-state index in [1.54, 1.807) is 0 Å². The van der Waals surface area contributed by atoms with Crippen LogP contribution in [0.25, 0.3) is 0 Å². The molecule has 0 aliphatic carbocycles. The van der Waals surface area contributed by atoms with Crippen LogP contribution in [0.5, 0.6) is 0 Å². The Hall–Kier alpha value is -0.570. The Kier molecular flexibility index (Phi) is 4.39. The van der Waals surface area contributed by atoms with Crippen molar-refractivity contribution in [1.82, 2.24) is 0 Å². The van der Waals surface area contributed by atoms with Crippen molar-refractivity contribution >= 4 is 0 Å². The van der Waals surface area contributed by atoms with Crippen LogP contribution in [0, 0.1) is 0 Å². The van der Waals surface area contributed by atoms with Gasteiger partial charge in [-0.3, -0.25) is 0 Å². The maximum absolute atomic E-state index is 5.71. The Bertz CT molecular complexity index is 290. The van der Waals surface area contributed by atoms with Crippen molar-refractivity contribution in [3.05, 3.63) is 35.4 Å². The summed E-state index contributed by atoms with van der Waals surface area (Å²) in [7, 11) is 2.08. The predicted molar refractivity (Wildman–Crippen MR) is 51.6 cm³/mol. The molecular formula is C11H16ClNO. The van der Waals surface area contributed by atoms with Crippen LogP contribution in [0.4, 0.5) is 0 Å². The van der Waals surface area contributed by atoms with Gasteiger partial charge in [-0.25, -0.2) is 0 Å². The summed E-state index contributed by atoms with van der Waals surface area (Å²) < 4.78 is 5.71. The molecule has 3 heteroatoms. The van der Waals surface area contributed by atoms with E-state index in [2.05, 4.69) is 36.6 Å². The lowest BCUT2D eigenvalue weighted by Gasteiger charge is -2.24. The first kappa shape index (κ1) is 11.5. The average molecular weight is 214 g/mol. The van der Waals surface area contributed by atoms with Gasteiger partial charge in [0.1, 0.15) is 12.6 Å². The third-order valence-electron chi connectivity index (χ3n) is 2.54. The zero-order chi connectivity index (χ0) is 9.10. The summed E-state index contributed by atoms with van der Waals surface area (Å²) >= 11 is 0. The van der Waals surface area contributed by atoms with Gasteiger partial charge in [0.25, 0.3) is 0 Å². The van der Waals surface area contributed by atoms with Crippen LogP contribution in [0.15, 0.2) is 24.3 Å². The third-order valence-corrected chi connectivity index (χ3v) is 2.54. The molecule has 2 rings (SSSR count). The van der Waals surface area contributed by atoms with Gasteiger partial charge in [-0.05, 0) is 17.5 Å². The van der Waals surface area contributed by atoms with Crippen LogP contribution in [0.3, 0.4) is 0 Å². The fourth-order valence-corrected chi connectivity index (χ4v) is 1.89. The van der Waals surface area contributed by atoms with Crippen LogP contribution >= 0.6 is 0 Å². The van der Waals surface area contributed by atoms with Gasteiger partial charge < -0.3 is 22.5 Å². The van der Waals surface area contributed by atoms with E-state index in [-0.39, 0.29) is 12.4 Å². The van der Waals surface area contributed by atoms with Gasteiger partial charge in [0, 0.05) is 0 Å². The van der Waals surface area contributed by atoms with E-state index in [1.165, 1.54) is 11.1 Å². The van der Waals surface area contributed by atoms with Crippen molar-refractivity contribution in [2.24, 2.45) is 0 Å². The fraction of sp³-hybridized carbons (Fsp3) is 0.455. The minimum Gasteiger partial charge on any atom is -1.00 e. The first-order valence-electron chi connectivity index (χ1n) is 4.89. The number of rotatable bonds is 2. The molecule has 1 atom stereocenters. The van der Waals surface area contributed by atoms with Crippen molar-refractivity contribution in [2.75, 3.05) is 20.2 Å². The summed E-state index contributed by atoms with van der Waals surface area (Å²) in [6.45, 7) is 1.90. The van der Waals surface area contributed by atoms with Crippen molar-refractivity contribution in [1.29, 1.82) is 0 Å². The third kappa shape index (κ3) is 2.27. The molecule has 0 aromatic heterocycles. The molecule has 0 amide bonds. The standard InChI is InChI=1S/C11H15NO.ClH/c1-12-8-11-10-5-3-2-4-9(10)6-7-13-11;/h2-5,11-12H,6-8H2,1H3;1H. The van der Waals surface area contributed by atoms with Crippen molar-refractivity contribution < 1.29 is 22.5 Å². The molecule has 1 aromatic carbocycles. The van der Waals surface area contributed by atoms with E-state index < -0.39 is 0 Å². The number of likely N-dealkylation sites (N-methyl/N-ethyl adjacent to an activating group) is 1. The van der Waals surface area contributed by atoms with Crippen LogP contribution in [0.2, 0.25) is 0 Å². The largest absolute Gasteiger partial charge is 1.00 e. The number of fused-ring (bicyclic) bond motifs is 1. The number of ether oxygens (including phenoxy) is 1. The van der Waals surface area contributed by atoms with Gasteiger partial charge in [-0.2, -0.15) is 0 Å². The molecule has 0 radical (unpaired) electrons. The highest BCUT2D eigenvalue weighted by molar-refractivity contribution is 5.30. The summed E-state index contributed by atoms with van der Waals surface area (Å²) in [4.78, 5) is 0. The minimum atomic E-state index is 0. The molecule has 2 nitrogen and oxygen atoms in total. The topological polar surface area (TPSA) is 25.8 Å². The maximum atomic E-state index is 5.71. The van der Waals surface area contributed by atoms with Crippen molar-refractivity contribution in [3.63, 3.8) is 0 Å². The second kappa shape index (κ2) is 5.35. The molecule has 1 aliphatic rings. The highest BCUT2D eigenvalue weighted by atomic mass is 35.5. The molecule has 0 bridgehead atoms. The van der Waals surface area contributed by atoms with Gasteiger partial charge in [0.2, 0.25) is 0 Å². The molecule has 1 unspecified atom stereocenters. The molecule has 1 aromatic rings. The van der Waals surface area contributed by atoms with Crippen molar-refractivity contribution in [3.8, 4) is 0 Å². The quantitative estimate of drug-likeness (QED) is 0.578. The number of hydrogen-bond acceptors (Lipinski definition) is 1. The Balaban J connectivity index is 0.000000980. The van der Waals surface area contributed by atoms with Gasteiger partial charge >= 0.3 is 0 Å². The summed E-state index contributed by atoms with van der Waals surface area (Å²) in [6, 6.07) is 8.59. The Morgan fingerprint density at radius 2 is 2.21 bits per heavy atom. The molecule has 2 N–H and O–H groups in total. The second-order valence-corrected chi connectivity index (χ2v) is 3.45. The van der Waals surface area contributed by atoms with Crippen LogP contribution in [0.1, 0.15) is 17.2 Å². The van der Waals surface area contributed by atoms with Gasteiger partial charge in [0.15, 0.2) is 0 Å². The molecule has 1 aliphatic heterocycles. The first-order chi connectivity index (χ1) is 6.42. The molecular weight excluding hydrogens is 198 g/mol. The van der Waals surface area contributed by atoms with Gasteiger partial charge in [-0.1, -0.05) is 24.3 Å². The number of quaternary nitrogens is 1. The lowest BCUT2D eigenvalue weighted by molar-refractivity contribution is -0.635. The SMILES string of the molecule is C[NH2+]CC1OCCc2ccccc21.[Cl-]. The number of nitrogens with two attached hydrogens (primary N) is 1. The predicted octanol–water partition coefficient (Wildman–Crippen LogP) is -2.50. The molecule has 0 spiro atoms. The summed E-state index contributed by atoms with van der Waals surface area (Å²) in [5, 5.41) is 2.17. The maximum Gasteiger partial charge on any atom is 0.131 e. The zero-order valence-corrected chi connectivity index (χ0v) is 9.13. The fourth-order valence-electron chi connectivity index (χ4n) is 1.89. The number of halogens is 1. The lowest BCUT2D eigenvalue weighted by Crippen LogP contribution is -3.00. The van der Waals surface area contributed by atoms with Crippen LogP contribution < -0.4 is 17.7 Å². The van der Waals surface area contributed by atoms with E-state index in [0.29, 0.717) is 6.10 Å². The van der Waals surface area contributed by atoms with Gasteiger partial charge in [-0.15, -0.1) is 0 Å². The summed E-state index contributed by atoms with van der Waals surface area (Å²) in [5.74, 6) is 0. The normalized spacial score (nSPS) is 19.6. The van der Waals surface area contributed by atoms with Crippen LogP contribution in [-0.2, 0) is 11.2 Å². The molecule has 0 saturated carbocycles. The minimum absolute atomic E-state index is 0. The Labute approximate surface area is 91.1 Å². The molecule has 1 heterocycles. The lowest BCUT2D eigenvalue weighted by atomic mass is 9.98. The van der Waals surface area contributed by atoms with Crippen LogP contribution in [-0.4, -0.2) is 20.2 Å². The zero-order valence-electron chi connectivity index (χ0n) is 8.37. The van der Waals surface area contributed by atoms with Crippen molar-refractivity contribution in [2.45, 2.75) is 12.5 Å². The smallest absolute Gasteiger partial charge is 0.131 e. The molecule has 78 valence electrons. The second-order valence-electron chi connectivity index (χ2n) is 3.45. The summed E-state index contributed by atoms with van der Waals surface area (Å²) in [6.07, 6.45) is 1.37. The van der Waals surface area contributed by atoms with E-state index in [9.17, 15) is 0 Å². The Morgan fingerprint density at radius 3 is 3.00 bits per heavy atom. The highest BCUT2D eigenvalue weighted by Crippen LogP contribution is 2.25. The van der Waals surface area contributed by atoms with Gasteiger partial charge in [0.05, 0.1) is 13.7 Å². The first-order valence-corrected chi connectivity index (χ1v) is 4.89. The highest BCUT2D eigenvalue weighted by Gasteiger charge is 2.20.